The maximum absolute atomic E-state index is 4.35. The van der Waals surface area contributed by atoms with E-state index in [-0.39, 0.29) is 0 Å². The Morgan fingerprint density at radius 3 is 2.77 bits per heavy atom. The molecule has 1 saturated heterocycles. The molecule has 2 rings (SSSR count). The van der Waals surface area contributed by atoms with E-state index in [0.29, 0.717) is 5.41 Å². The molecule has 0 amide bonds. The molecule has 0 saturated carbocycles. The van der Waals surface area contributed by atoms with Crippen molar-refractivity contribution in [3.8, 4) is 0 Å². The van der Waals surface area contributed by atoms with Crippen LogP contribution in [0.3, 0.4) is 0 Å². The Morgan fingerprint density at radius 2 is 2.23 bits per heavy atom. The van der Waals surface area contributed by atoms with E-state index in [4.69, 9.17) is 0 Å². The molecule has 1 aliphatic heterocycles. The summed E-state index contributed by atoms with van der Waals surface area (Å²) in [6, 6.07) is 6.10. The molecule has 0 radical (unpaired) electrons. The van der Waals surface area contributed by atoms with Gasteiger partial charge in [-0.2, -0.15) is 0 Å². The van der Waals surface area contributed by atoms with Gasteiger partial charge >= 0.3 is 0 Å². The van der Waals surface area contributed by atoms with Crippen molar-refractivity contribution in [3.05, 3.63) is 24.4 Å². The van der Waals surface area contributed by atoms with Crippen LogP contribution in [0, 0.1) is 5.41 Å². The zero-order chi connectivity index (χ0) is 9.31. The van der Waals surface area contributed by atoms with Gasteiger partial charge in [-0.3, -0.25) is 0 Å². The molecule has 0 bridgehead atoms. The predicted octanol–water partition coefficient (Wildman–Crippen LogP) is 2.32. The monoisotopic (exact) mass is 176 g/mol. The number of rotatable bonds is 1. The minimum absolute atomic E-state index is 0.456. The lowest BCUT2D eigenvalue weighted by molar-refractivity contribution is 0.418. The molecule has 2 nitrogen and oxygen atoms in total. The summed E-state index contributed by atoms with van der Waals surface area (Å²) in [4.78, 5) is 6.71. The van der Waals surface area contributed by atoms with E-state index < -0.39 is 0 Å². The third-order valence-corrected chi connectivity index (χ3v) is 2.65. The smallest absolute Gasteiger partial charge is 0.128 e. The Balaban J connectivity index is 2.13. The first-order valence-corrected chi connectivity index (χ1v) is 4.83. The molecule has 2 heterocycles. The fraction of sp³-hybridized carbons (Fsp3) is 0.545. The molecule has 1 fully saturated rings. The molecule has 13 heavy (non-hydrogen) atoms. The van der Waals surface area contributed by atoms with Gasteiger partial charge in [0.2, 0.25) is 0 Å². The molecule has 1 aromatic heterocycles. The van der Waals surface area contributed by atoms with E-state index in [9.17, 15) is 0 Å². The maximum atomic E-state index is 4.35. The third kappa shape index (κ3) is 1.82. The van der Waals surface area contributed by atoms with E-state index in [1.165, 1.54) is 6.42 Å². The van der Waals surface area contributed by atoms with Gasteiger partial charge in [0.25, 0.3) is 0 Å². The Kier molecular flexibility index (Phi) is 1.98. The van der Waals surface area contributed by atoms with Crippen LogP contribution in [0.5, 0.6) is 0 Å². The number of anilines is 1. The van der Waals surface area contributed by atoms with Crippen LogP contribution in [0.2, 0.25) is 0 Å². The van der Waals surface area contributed by atoms with Crippen LogP contribution in [-0.2, 0) is 0 Å². The number of pyridine rings is 1. The highest BCUT2D eigenvalue weighted by Gasteiger charge is 2.29. The van der Waals surface area contributed by atoms with Crippen LogP contribution >= 0.6 is 0 Å². The summed E-state index contributed by atoms with van der Waals surface area (Å²) in [5.74, 6) is 1.12. The molecule has 0 N–H and O–H groups in total. The highest BCUT2D eigenvalue weighted by molar-refractivity contribution is 5.39. The number of aromatic nitrogens is 1. The highest BCUT2D eigenvalue weighted by atomic mass is 15.2. The summed E-state index contributed by atoms with van der Waals surface area (Å²) in [6.07, 6.45) is 3.13. The van der Waals surface area contributed by atoms with Crippen molar-refractivity contribution in [2.45, 2.75) is 20.3 Å². The molecular weight excluding hydrogens is 160 g/mol. The average Bonchev–Trinajstić information content (AvgIpc) is 2.48. The second-order valence-corrected chi connectivity index (χ2v) is 4.52. The van der Waals surface area contributed by atoms with Gasteiger partial charge in [0.05, 0.1) is 0 Å². The Bertz CT molecular complexity index is 279. The molecule has 0 aromatic carbocycles. The third-order valence-electron chi connectivity index (χ3n) is 2.65. The maximum Gasteiger partial charge on any atom is 0.128 e. The van der Waals surface area contributed by atoms with E-state index >= 15 is 0 Å². The van der Waals surface area contributed by atoms with E-state index in [1.807, 2.05) is 18.3 Å². The van der Waals surface area contributed by atoms with Crippen molar-refractivity contribution >= 4 is 5.82 Å². The van der Waals surface area contributed by atoms with Crippen LogP contribution in [0.25, 0.3) is 0 Å². The van der Waals surface area contributed by atoms with Crippen molar-refractivity contribution in [2.75, 3.05) is 18.0 Å². The van der Waals surface area contributed by atoms with Crippen LogP contribution in [-0.4, -0.2) is 18.1 Å². The molecule has 2 heteroatoms. The molecule has 1 aliphatic rings. The lowest BCUT2D eigenvalue weighted by Gasteiger charge is -2.20. The Labute approximate surface area is 79.6 Å². The van der Waals surface area contributed by atoms with Gasteiger partial charge in [0, 0.05) is 19.3 Å². The van der Waals surface area contributed by atoms with Gasteiger partial charge in [-0.05, 0) is 24.0 Å². The SMILES string of the molecule is CC1(C)CCN(c2ccccn2)C1. The lowest BCUT2D eigenvalue weighted by Crippen LogP contribution is -2.23. The van der Waals surface area contributed by atoms with Gasteiger partial charge in [-0.1, -0.05) is 19.9 Å². The highest BCUT2D eigenvalue weighted by Crippen LogP contribution is 2.31. The predicted molar refractivity (Wildman–Crippen MR) is 54.8 cm³/mol. The van der Waals surface area contributed by atoms with Gasteiger partial charge in [-0.25, -0.2) is 4.98 Å². The molecule has 0 unspecified atom stereocenters. The number of hydrogen-bond donors (Lipinski definition) is 0. The summed E-state index contributed by atoms with van der Waals surface area (Å²) >= 11 is 0. The van der Waals surface area contributed by atoms with Crippen molar-refractivity contribution in [2.24, 2.45) is 5.41 Å². The number of hydrogen-bond acceptors (Lipinski definition) is 2. The first kappa shape index (κ1) is 8.54. The second-order valence-electron chi connectivity index (χ2n) is 4.52. The van der Waals surface area contributed by atoms with Gasteiger partial charge in [0.15, 0.2) is 0 Å². The molecular formula is C11H16N2. The van der Waals surface area contributed by atoms with Crippen molar-refractivity contribution in [3.63, 3.8) is 0 Å². The van der Waals surface area contributed by atoms with Crippen LogP contribution < -0.4 is 4.90 Å². The minimum Gasteiger partial charge on any atom is -0.356 e. The standard InChI is InChI=1S/C11H16N2/c1-11(2)6-8-13(9-11)10-5-3-4-7-12-10/h3-5,7H,6,8-9H2,1-2H3. The summed E-state index contributed by atoms with van der Waals surface area (Å²) in [7, 11) is 0. The largest absolute Gasteiger partial charge is 0.356 e. The zero-order valence-corrected chi connectivity index (χ0v) is 8.33. The van der Waals surface area contributed by atoms with Crippen molar-refractivity contribution in [1.29, 1.82) is 0 Å². The molecule has 70 valence electrons. The normalized spacial score (nSPS) is 20.6. The summed E-state index contributed by atoms with van der Waals surface area (Å²) in [5.41, 5.74) is 0.456. The average molecular weight is 176 g/mol. The molecule has 0 spiro atoms. The van der Waals surface area contributed by atoms with E-state index in [0.717, 1.165) is 18.9 Å². The molecule has 0 aliphatic carbocycles. The first-order chi connectivity index (χ1) is 6.17. The fourth-order valence-electron chi connectivity index (χ4n) is 1.85. The lowest BCUT2D eigenvalue weighted by atomic mass is 9.93. The second kappa shape index (κ2) is 3.02. The van der Waals surface area contributed by atoms with Gasteiger partial charge in [-0.15, -0.1) is 0 Å². The topological polar surface area (TPSA) is 16.1 Å². The van der Waals surface area contributed by atoms with Crippen LogP contribution in [0.15, 0.2) is 24.4 Å². The van der Waals surface area contributed by atoms with Gasteiger partial charge < -0.3 is 4.90 Å². The van der Waals surface area contributed by atoms with Crippen LogP contribution in [0.1, 0.15) is 20.3 Å². The zero-order valence-electron chi connectivity index (χ0n) is 8.33. The fourth-order valence-corrected chi connectivity index (χ4v) is 1.85. The summed E-state index contributed by atoms with van der Waals surface area (Å²) in [5, 5.41) is 0. The minimum atomic E-state index is 0.456. The van der Waals surface area contributed by atoms with E-state index in [2.05, 4.69) is 29.8 Å². The van der Waals surface area contributed by atoms with Crippen LogP contribution in [0.4, 0.5) is 5.82 Å². The van der Waals surface area contributed by atoms with Gasteiger partial charge in [0.1, 0.15) is 5.82 Å². The summed E-state index contributed by atoms with van der Waals surface area (Å²) in [6.45, 7) is 6.90. The Hall–Kier alpha value is -1.05. The first-order valence-electron chi connectivity index (χ1n) is 4.83. The quantitative estimate of drug-likeness (QED) is 0.652. The van der Waals surface area contributed by atoms with Crippen molar-refractivity contribution < 1.29 is 0 Å². The van der Waals surface area contributed by atoms with Crippen molar-refractivity contribution in [1.82, 2.24) is 4.98 Å². The molecule has 0 atom stereocenters. The van der Waals surface area contributed by atoms with E-state index in [1.54, 1.807) is 0 Å². The molecule has 1 aromatic rings. The Morgan fingerprint density at radius 1 is 1.38 bits per heavy atom. The number of nitrogens with zero attached hydrogens (tertiary/aromatic N) is 2. The summed E-state index contributed by atoms with van der Waals surface area (Å²) < 4.78 is 0.